The van der Waals surface area contributed by atoms with E-state index in [-0.39, 0.29) is 0 Å². The van der Waals surface area contributed by atoms with Crippen molar-refractivity contribution in [2.75, 3.05) is 7.05 Å². The van der Waals surface area contributed by atoms with Crippen molar-refractivity contribution in [3.05, 3.63) is 35.9 Å². The highest BCUT2D eigenvalue weighted by molar-refractivity contribution is 5.18. The molecule has 0 amide bonds. The van der Waals surface area contributed by atoms with E-state index in [9.17, 15) is 0 Å². The highest BCUT2D eigenvalue weighted by atomic mass is 15.2. The summed E-state index contributed by atoms with van der Waals surface area (Å²) in [5.74, 6) is 0. The van der Waals surface area contributed by atoms with Gasteiger partial charge in [-0.3, -0.25) is 0 Å². The van der Waals surface area contributed by atoms with Gasteiger partial charge in [-0.25, -0.2) is 0 Å². The number of nitrogens with zero attached hydrogens (tertiary/aromatic N) is 1. The van der Waals surface area contributed by atoms with Crippen molar-refractivity contribution in [1.82, 2.24) is 10.2 Å². The Bertz CT molecular complexity index is 389. The zero-order valence-electron chi connectivity index (χ0n) is 12.2. The molecule has 3 rings (SSSR count). The summed E-state index contributed by atoms with van der Waals surface area (Å²) in [5.41, 5.74) is 1.41. The van der Waals surface area contributed by atoms with Crippen molar-refractivity contribution in [3.63, 3.8) is 0 Å². The van der Waals surface area contributed by atoms with Crippen LogP contribution in [-0.4, -0.2) is 30.1 Å². The molecule has 0 radical (unpaired) electrons. The molecule has 2 heteroatoms. The van der Waals surface area contributed by atoms with E-state index in [0.29, 0.717) is 12.1 Å². The van der Waals surface area contributed by atoms with Crippen molar-refractivity contribution < 1.29 is 0 Å². The lowest BCUT2D eigenvalue weighted by molar-refractivity contribution is 0.0463. The van der Waals surface area contributed by atoms with Crippen molar-refractivity contribution in [2.45, 2.75) is 63.2 Å². The Balaban J connectivity index is 1.62. The summed E-state index contributed by atoms with van der Waals surface area (Å²) in [5, 5.41) is 3.86. The van der Waals surface area contributed by atoms with Crippen LogP contribution in [0.1, 0.15) is 50.6 Å². The second-order valence-corrected chi connectivity index (χ2v) is 6.37. The smallest absolute Gasteiger partial charge is 0.0294 e. The summed E-state index contributed by atoms with van der Waals surface area (Å²) in [6.07, 6.45) is 6.87. The Morgan fingerprint density at radius 1 is 1.11 bits per heavy atom. The van der Waals surface area contributed by atoms with E-state index in [1.165, 1.54) is 37.7 Å². The molecule has 0 spiro atoms. The minimum Gasteiger partial charge on any atom is -0.307 e. The number of hydrogen-bond donors (Lipinski definition) is 1. The number of nitrogens with one attached hydrogen (secondary N) is 1. The number of fused-ring (bicyclic) bond motifs is 2. The van der Waals surface area contributed by atoms with Gasteiger partial charge in [0.2, 0.25) is 0 Å². The second kappa shape index (κ2) is 5.64. The molecule has 0 saturated carbocycles. The normalized spacial score (nSPS) is 33.1. The third kappa shape index (κ3) is 2.85. The Labute approximate surface area is 117 Å². The van der Waals surface area contributed by atoms with E-state index in [1.807, 2.05) is 0 Å². The third-order valence-electron chi connectivity index (χ3n) is 5.13. The molecule has 2 heterocycles. The van der Waals surface area contributed by atoms with Crippen LogP contribution in [0.4, 0.5) is 0 Å². The van der Waals surface area contributed by atoms with Crippen molar-refractivity contribution in [2.24, 2.45) is 0 Å². The number of piperidine rings is 2. The molecule has 1 aromatic rings. The summed E-state index contributed by atoms with van der Waals surface area (Å²) in [6.45, 7) is 2.30. The molecule has 1 N–H and O–H groups in total. The van der Waals surface area contributed by atoms with E-state index in [4.69, 9.17) is 0 Å². The monoisotopic (exact) mass is 258 g/mol. The minimum absolute atomic E-state index is 0.468. The quantitative estimate of drug-likeness (QED) is 0.894. The fraction of sp³-hybridized carbons (Fsp3) is 0.647. The summed E-state index contributed by atoms with van der Waals surface area (Å²) >= 11 is 0. The molecular weight excluding hydrogens is 232 g/mol. The van der Waals surface area contributed by atoms with Gasteiger partial charge < -0.3 is 10.2 Å². The van der Waals surface area contributed by atoms with Gasteiger partial charge in [0.15, 0.2) is 0 Å². The maximum atomic E-state index is 3.86. The number of hydrogen-bond acceptors (Lipinski definition) is 2. The molecule has 19 heavy (non-hydrogen) atoms. The van der Waals surface area contributed by atoms with Crippen LogP contribution in [0.2, 0.25) is 0 Å². The average Bonchev–Trinajstić information content (AvgIpc) is 2.41. The Morgan fingerprint density at radius 3 is 2.37 bits per heavy atom. The predicted molar refractivity (Wildman–Crippen MR) is 80.2 cm³/mol. The van der Waals surface area contributed by atoms with Crippen LogP contribution in [0, 0.1) is 0 Å². The standard InChI is InChI=1S/C17H26N2/c1-13(14-7-4-3-5-8-14)18-15-11-16-9-6-10-17(12-15)19(16)2/h3-5,7-8,13,15-18H,6,9-12H2,1-2H3. The number of rotatable bonds is 3. The van der Waals surface area contributed by atoms with Gasteiger partial charge in [-0.05, 0) is 45.2 Å². The van der Waals surface area contributed by atoms with E-state index < -0.39 is 0 Å². The first-order chi connectivity index (χ1) is 9.24. The number of benzene rings is 1. The van der Waals surface area contributed by atoms with Crippen LogP contribution in [0.15, 0.2) is 30.3 Å². The first kappa shape index (κ1) is 13.1. The van der Waals surface area contributed by atoms with Crippen molar-refractivity contribution >= 4 is 0 Å². The molecule has 2 bridgehead atoms. The maximum Gasteiger partial charge on any atom is 0.0294 e. The summed E-state index contributed by atoms with van der Waals surface area (Å²) < 4.78 is 0. The SMILES string of the molecule is CC(NC1CC2CCCC(C1)N2C)c1ccccc1. The van der Waals surface area contributed by atoms with E-state index in [1.54, 1.807) is 0 Å². The van der Waals surface area contributed by atoms with Gasteiger partial charge in [-0.2, -0.15) is 0 Å². The van der Waals surface area contributed by atoms with Crippen LogP contribution in [0.5, 0.6) is 0 Å². The van der Waals surface area contributed by atoms with Gasteiger partial charge in [-0.1, -0.05) is 36.8 Å². The maximum absolute atomic E-state index is 3.86. The van der Waals surface area contributed by atoms with Gasteiger partial charge in [-0.15, -0.1) is 0 Å². The molecule has 0 aromatic heterocycles. The lowest BCUT2D eigenvalue weighted by Crippen LogP contribution is -2.54. The zero-order chi connectivity index (χ0) is 13.2. The summed E-state index contributed by atoms with van der Waals surface area (Å²) in [7, 11) is 2.32. The van der Waals surface area contributed by atoms with Crippen LogP contribution >= 0.6 is 0 Å². The third-order valence-corrected chi connectivity index (χ3v) is 5.13. The molecular formula is C17H26N2. The molecule has 104 valence electrons. The Morgan fingerprint density at radius 2 is 1.74 bits per heavy atom. The molecule has 3 atom stereocenters. The van der Waals surface area contributed by atoms with Gasteiger partial charge in [0.1, 0.15) is 0 Å². The topological polar surface area (TPSA) is 15.3 Å². The van der Waals surface area contributed by atoms with Gasteiger partial charge in [0.05, 0.1) is 0 Å². The van der Waals surface area contributed by atoms with Gasteiger partial charge in [0.25, 0.3) is 0 Å². The van der Waals surface area contributed by atoms with E-state index in [0.717, 1.165) is 12.1 Å². The van der Waals surface area contributed by atoms with E-state index >= 15 is 0 Å². The zero-order valence-corrected chi connectivity index (χ0v) is 12.2. The first-order valence-corrected chi connectivity index (χ1v) is 7.77. The lowest BCUT2D eigenvalue weighted by Gasteiger charge is -2.47. The molecule has 2 aliphatic heterocycles. The Kier molecular flexibility index (Phi) is 3.90. The molecule has 3 unspecified atom stereocenters. The predicted octanol–water partition coefficient (Wildman–Crippen LogP) is 3.35. The van der Waals surface area contributed by atoms with Crippen molar-refractivity contribution in [3.8, 4) is 0 Å². The van der Waals surface area contributed by atoms with Crippen LogP contribution in [-0.2, 0) is 0 Å². The van der Waals surface area contributed by atoms with Crippen LogP contribution in [0.25, 0.3) is 0 Å². The molecule has 0 aliphatic carbocycles. The molecule has 2 aliphatic rings. The lowest BCUT2D eigenvalue weighted by atomic mass is 9.82. The fourth-order valence-electron chi connectivity index (χ4n) is 3.94. The van der Waals surface area contributed by atoms with Crippen LogP contribution in [0.3, 0.4) is 0 Å². The Hall–Kier alpha value is -0.860. The molecule has 2 nitrogen and oxygen atoms in total. The minimum atomic E-state index is 0.468. The summed E-state index contributed by atoms with van der Waals surface area (Å²) in [6, 6.07) is 13.6. The fourth-order valence-corrected chi connectivity index (χ4v) is 3.94. The van der Waals surface area contributed by atoms with Crippen LogP contribution < -0.4 is 5.32 Å². The average molecular weight is 258 g/mol. The molecule has 1 aromatic carbocycles. The highest BCUT2D eigenvalue weighted by Crippen LogP contribution is 2.33. The first-order valence-electron chi connectivity index (χ1n) is 7.77. The second-order valence-electron chi connectivity index (χ2n) is 6.37. The van der Waals surface area contributed by atoms with Crippen molar-refractivity contribution in [1.29, 1.82) is 0 Å². The highest BCUT2D eigenvalue weighted by Gasteiger charge is 2.36. The molecule has 2 fully saturated rings. The largest absolute Gasteiger partial charge is 0.307 e. The van der Waals surface area contributed by atoms with Gasteiger partial charge >= 0.3 is 0 Å². The summed E-state index contributed by atoms with van der Waals surface area (Å²) in [4.78, 5) is 2.63. The van der Waals surface area contributed by atoms with E-state index in [2.05, 4.69) is 54.5 Å². The molecule has 2 saturated heterocycles. The van der Waals surface area contributed by atoms with Gasteiger partial charge in [0, 0.05) is 24.2 Å².